The summed E-state index contributed by atoms with van der Waals surface area (Å²) in [6.07, 6.45) is 0.554. The molecular formula is C16H15FN2O2. The molecule has 0 saturated heterocycles. The number of carbonyl (C=O) groups is 1. The maximum absolute atomic E-state index is 13.0. The summed E-state index contributed by atoms with van der Waals surface area (Å²) in [5.74, 6) is 1.02. The van der Waals surface area contributed by atoms with E-state index >= 15 is 0 Å². The van der Waals surface area contributed by atoms with Gasteiger partial charge in [0, 0.05) is 13.3 Å². The molecule has 5 heteroatoms. The smallest absolute Gasteiger partial charge is 0.240 e. The number of hydrazone groups is 1. The number of amides is 1. The number of rotatable bonds is 2. The van der Waals surface area contributed by atoms with Gasteiger partial charge in [-0.1, -0.05) is 12.1 Å². The third-order valence-corrected chi connectivity index (χ3v) is 3.51. The molecule has 108 valence electrons. The van der Waals surface area contributed by atoms with Crippen molar-refractivity contribution in [2.24, 2.45) is 5.10 Å². The van der Waals surface area contributed by atoms with Gasteiger partial charge >= 0.3 is 0 Å². The average Bonchev–Trinajstić information content (AvgIpc) is 3.05. The summed E-state index contributed by atoms with van der Waals surface area (Å²) in [5.41, 5.74) is 1.58. The number of hydrogen-bond donors (Lipinski definition) is 0. The van der Waals surface area contributed by atoms with Crippen molar-refractivity contribution in [2.45, 2.75) is 26.3 Å². The Kier molecular flexibility index (Phi) is 3.33. The lowest BCUT2D eigenvalue weighted by Crippen LogP contribution is -2.24. The monoisotopic (exact) mass is 286 g/mol. The molecule has 0 fully saturated rings. The molecule has 21 heavy (non-hydrogen) atoms. The zero-order valence-electron chi connectivity index (χ0n) is 11.8. The van der Waals surface area contributed by atoms with E-state index in [9.17, 15) is 9.18 Å². The quantitative estimate of drug-likeness (QED) is 0.849. The predicted octanol–water partition coefficient (Wildman–Crippen LogP) is 3.42. The highest BCUT2D eigenvalue weighted by molar-refractivity contribution is 6.01. The van der Waals surface area contributed by atoms with Crippen LogP contribution in [0.3, 0.4) is 0 Å². The molecule has 0 N–H and O–H groups in total. The van der Waals surface area contributed by atoms with Gasteiger partial charge in [0.05, 0.1) is 6.04 Å². The molecule has 0 unspecified atom stereocenters. The first-order chi connectivity index (χ1) is 10.0. The van der Waals surface area contributed by atoms with Crippen LogP contribution in [0.15, 0.2) is 45.9 Å². The first kappa shape index (κ1) is 13.5. The van der Waals surface area contributed by atoms with Gasteiger partial charge in [0.1, 0.15) is 23.0 Å². The Morgan fingerprint density at radius 2 is 2.00 bits per heavy atom. The lowest BCUT2D eigenvalue weighted by Gasteiger charge is -2.20. The maximum atomic E-state index is 13.0. The highest BCUT2D eigenvalue weighted by Gasteiger charge is 2.32. The van der Waals surface area contributed by atoms with Crippen LogP contribution in [0, 0.1) is 12.7 Å². The summed E-state index contributed by atoms with van der Waals surface area (Å²) in [6, 6.07) is 9.64. The van der Waals surface area contributed by atoms with Crippen LogP contribution in [-0.2, 0) is 4.79 Å². The molecular weight excluding hydrogens is 271 g/mol. The van der Waals surface area contributed by atoms with E-state index in [0.29, 0.717) is 12.2 Å². The molecule has 1 amide bonds. The van der Waals surface area contributed by atoms with Crippen molar-refractivity contribution in [3.63, 3.8) is 0 Å². The molecule has 3 rings (SSSR count). The second-order valence-electron chi connectivity index (χ2n) is 5.09. The molecule has 0 bridgehead atoms. The van der Waals surface area contributed by atoms with Crippen molar-refractivity contribution in [3.05, 3.63) is 59.3 Å². The van der Waals surface area contributed by atoms with Crippen molar-refractivity contribution >= 4 is 11.6 Å². The molecule has 0 spiro atoms. The Balaban J connectivity index is 1.93. The fourth-order valence-corrected chi connectivity index (χ4v) is 2.48. The third kappa shape index (κ3) is 2.59. The largest absolute Gasteiger partial charge is 0.460 e. The van der Waals surface area contributed by atoms with Crippen LogP contribution in [0.5, 0.6) is 0 Å². The van der Waals surface area contributed by atoms with Crippen LogP contribution in [0.2, 0.25) is 0 Å². The Labute approximate surface area is 121 Å². The van der Waals surface area contributed by atoms with E-state index in [4.69, 9.17) is 4.42 Å². The number of halogens is 1. The number of benzene rings is 1. The Morgan fingerprint density at radius 1 is 1.29 bits per heavy atom. The lowest BCUT2D eigenvalue weighted by molar-refractivity contribution is -0.130. The van der Waals surface area contributed by atoms with Crippen LogP contribution in [0.4, 0.5) is 4.39 Å². The zero-order valence-corrected chi connectivity index (χ0v) is 11.8. The number of hydrogen-bond acceptors (Lipinski definition) is 3. The molecule has 1 aromatic heterocycles. The summed E-state index contributed by atoms with van der Waals surface area (Å²) in [5, 5.41) is 5.80. The second-order valence-corrected chi connectivity index (χ2v) is 5.09. The third-order valence-electron chi connectivity index (χ3n) is 3.51. The van der Waals surface area contributed by atoms with E-state index in [1.807, 2.05) is 19.1 Å². The lowest BCUT2D eigenvalue weighted by atomic mass is 10.0. The summed E-state index contributed by atoms with van der Waals surface area (Å²) in [6.45, 7) is 3.33. The van der Waals surface area contributed by atoms with Crippen LogP contribution in [0.25, 0.3) is 0 Å². The van der Waals surface area contributed by atoms with E-state index in [0.717, 1.165) is 17.0 Å². The second kappa shape index (κ2) is 5.16. The summed E-state index contributed by atoms with van der Waals surface area (Å²) >= 11 is 0. The number of aryl methyl sites for hydroxylation is 1. The molecule has 2 aromatic rings. The molecule has 1 aromatic carbocycles. The normalized spacial score (nSPS) is 18.0. The van der Waals surface area contributed by atoms with Gasteiger partial charge in [-0.25, -0.2) is 9.40 Å². The maximum Gasteiger partial charge on any atom is 0.240 e. The SMILES string of the molecule is CC(=O)N1N=C(c2ccc(C)o2)C[C@@H]1c1ccc(F)cc1. The van der Waals surface area contributed by atoms with E-state index in [-0.39, 0.29) is 17.8 Å². The van der Waals surface area contributed by atoms with Gasteiger partial charge in [-0.2, -0.15) is 5.10 Å². The van der Waals surface area contributed by atoms with E-state index in [1.54, 1.807) is 12.1 Å². The van der Waals surface area contributed by atoms with E-state index in [2.05, 4.69) is 5.10 Å². The molecule has 0 saturated carbocycles. The minimum absolute atomic E-state index is 0.150. The Morgan fingerprint density at radius 3 is 2.57 bits per heavy atom. The Bertz CT molecular complexity index is 703. The van der Waals surface area contributed by atoms with Crippen molar-refractivity contribution in [1.82, 2.24) is 5.01 Å². The minimum Gasteiger partial charge on any atom is -0.460 e. The van der Waals surface area contributed by atoms with Crippen LogP contribution >= 0.6 is 0 Å². The number of furan rings is 1. The molecule has 0 aliphatic carbocycles. The molecule has 0 radical (unpaired) electrons. The van der Waals surface area contributed by atoms with Crippen molar-refractivity contribution in [3.8, 4) is 0 Å². The highest BCUT2D eigenvalue weighted by Crippen LogP contribution is 2.33. The first-order valence-electron chi connectivity index (χ1n) is 6.74. The topological polar surface area (TPSA) is 45.8 Å². The highest BCUT2D eigenvalue weighted by atomic mass is 19.1. The number of carbonyl (C=O) groups excluding carboxylic acids is 1. The minimum atomic E-state index is -0.297. The van der Waals surface area contributed by atoms with Crippen LogP contribution < -0.4 is 0 Å². The van der Waals surface area contributed by atoms with Crippen LogP contribution in [0.1, 0.15) is 36.5 Å². The molecule has 4 nitrogen and oxygen atoms in total. The van der Waals surface area contributed by atoms with Gasteiger partial charge in [-0.05, 0) is 36.8 Å². The van der Waals surface area contributed by atoms with Gasteiger partial charge in [0.2, 0.25) is 5.91 Å². The van der Waals surface area contributed by atoms with Crippen molar-refractivity contribution in [1.29, 1.82) is 0 Å². The van der Waals surface area contributed by atoms with Gasteiger partial charge in [-0.3, -0.25) is 4.79 Å². The molecule has 1 aliphatic rings. The van der Waals surface area contributed by atoms with Gasteiger partial charge < -0.3 is 4.42 Å². The van der Waals surface area contributed by atoms with Gasteiger partial charge in [0.25, 0.3) is 0 Å². The fraction of sp³-hybridized carbons (Fsp3) is 0.250. The average molecular weight is 286 g/mol. The van der Waals surface area contributed by atoms with Crippen molar-refractivity contribution < 1.29 is 13.6 Å². The number of nitrogens with zero attached hydrogens (tertiary/aromatic N) is 2. The summed E-state index contributed by atoms with van der Waals surface area (Å²) in [7, 11) is 0. The van der Waals surface area contributed by atoms with Gasteiger partial charge in [-0.15, -0.1) is 0 Å². The van der Waals surface area contributed by atoms with Crippen molar-refractivity contribution in [2.75, 3.05) is 0 Å². The zero-order chi connectivity index (χ0) is 15.0. The predicted molar refractivity (Wildman–Crippen MR) is 76.3 cm³/mol. The fourth-order valence-electron chi connectivity index (χ4n) is 2.48. The molecule has 1 aliphatic heterocycles. The summed E-state index contributed by atoms with van der Waals surface area (Å²) in [4.78, 5) is 11.8. The Hall–Kier alpha value is -2.43. The standard InChI is InChI=1S/C16H15FN2O2/c1-10-3-8-16(21-10)14-9-15(19(18-14)11(2)20)12-4-6-13(17)7-5-12/h3-8,15H,9H2,1-2H3/t15-/m1/s1. The summed E-state index contributed by atoms with van der Waals surface area (Å²) < 4.78 is 18.6. The van der Waals surface area contributed by atoms with Gasteiger partial charge in [0.15, 0.2) is 0 Å². The first-order valence-corrected chi connectivity index (χ1v) is 6.74. The van der Waals surface area contributed by atoms with Crippen LogP contribution in [-0.4, -0.2) is 16.6 Å². The van der Waals surface area contributed by atoms with E-state index in [1.165, 1.54) is 24.1 Å². The van der Waals surface area contributed by atoms with E-state index < -0.39 is 0 Å². The molecule has 1 atom stereocenters. The molecule has 2 heterocycles.